The standard InChI is InChI=1S/C14H11ClO2S/c15-11-7-5-10(6-8-11)9-18-13-4-2-1-3-12(13)14(16)17/h1-8H,9H2,(H,16,17). The summed E-state index contributed by atoms with van der Waals surface area (Å²) in [7, 11) is 0. The quantitative estimate of drug-likeness (QED) is 0.846. The topological polar surface area (TPSA) is 37.3 Å². The molecule has 0 aliphatic carbocycles. The van der Waals surface area contributed by atoms with E-state index in [0.717, 1.165) is 16.2 Å². The number of aromatic carboxylic acids is 1. The lowest BCUT2D eigenvalue weighted by Gasteiger charge is -2.05. The molecule has 0 radical (unpaired) electrons. The maximum atomic E-state index is 11.0. The summed E-state index contributed by atoms with van der Waals surface area (Å²) in [6, 6.07) is 14.6. The first kappa shape index (κ1) is 13.0. The monoisotopic (exact) mass is 278 g/mol. The molecule has 0 saturated carbocycles. The molecule has 18 heavy (non-hydrogen) atoms. The SMILES string of the molecule is O=C(O)c1ccccc1SCc1ccc(Cl)cc1. The Labute approximate surface area is 115 Å². The van der Waals surface area contributed by atoms with Crippen molar-refractivity contribution in [3.05, 3.63) is 64.7 Å². The van der Waals surface area contributed by atoms with Crippen molar-refractivity contribution < 1.29 is 9.90 Å². The van der Waals surface area contributed by atoms with Gasteiger partial charge in [-0.1, -0.05) is 35.9 Å². The van der Waals surface area contributed by atoms with Gasteiger partial charge in [-0.2, -0.15) is 0 Å². The third kappa shape index (κ3) is 3.28. The highest BCUT2D eigenvalue weighted by Gasteiger charge is 2.09. The predicted molar refractivity (Wildman–Crippen MR) is 74.4 cm³/mol. The van der Waals surface area contributed by atoms with Crippen LogP contribution in [0.5, 0.6) is 0 Å². The van der Waals surface area contributed by atoms with Crippen molar-refractivity contribution in [2.75, 3.05) is 0 Å². The second-order valence-electron chi connectivity index (χ2n) is 3.72. The summed E-state index contributed by atoms with van der Waals surface area (Å²) in [6.07, 6.45) is 0. The molecule has 0 spiro atoms. The van der Waals surface area contributed by atoms with Crippen molar-refractivity contribution >= 4 is 29.3 Å². The summed E-state index contributed by atoms with van der Waals surface area (Å²) in [6.45, 7) is 0. The molecular weight excluding hydrogens is 268 g/mol. The number of benzene rings is 2. The van der Waals surface area contributed by atoms with Gasteiger partial charge in [-0.15, -0.1) is 11.8 Å². The van der Waals surface area contributed by atoms with E-state index in [2.05, 4.69) is 0 Å². The summed E-state index contributed by atoms with van der Waals surface area (Å²) >= 11 is 7.32. The third-order valence-corrected chi connectivity index (χ3v) is 3.82. The molecule has 1 N–H and O–H groups in total. The van der Waals surface area contributed by atoms with Crippen molar-refractivity contribution in [3.8, 4) is 0 Å². The molecule has 4 heteroatoms. The summed E-state index contributed by atoms with van der Waals surface area (Å²) in [5, 5.41) is 9.77. The van der Waals surface area contributed by atoms with Crippen molar-refractivity contribution in [2.45, 2.75) is 10.6 Å². The van der Waals surface area contributed by atoms with E-state index >= 15 is 0 Å². The molecule has 2 aromatic carbocycles. The number of hydrogen-bond donors (Lipinski definition) is 1. The zero-order valence-corrected chi connectivity index (χ0v) is 11.0. The summed E-state index contributed by atoms with van der Waals surface area (Å²) in [4.78, 5) is 11.8. The second kappa shape index (κ2) is 5.94. The van der Waals surface area contributed by atoms with Crippen LogP contribution < -0.4 is 0 Å². The van der Waals surface area contributed by atoms with Crippen LogP contribution in [-0.2, 0) is 5.75 Å². The van der Waals surface area contributed by atoms with Crippen LogP contribution >= 0.6 is 23.4 Å². The molecule has 0 unspecified atom stereocenters. The Morgan fingerprint density at radius 2 is 1.78 bits per heavy atom. The molecule has 0 aliphatic rings. The van der Waals surface area contributed by atoms with Crippen LogP contribution in [0.4, 0.5) is 0 Å². The summed E-state index contributed by atoms with van der Waals surface area (Å²) in [5.74, 6) is -0.171. The van der Waals surface area contributed by atoms with Gasteiger partial charge < -0.3 is 5.11 Å². The molecule has 0 saturated heterocycles. The first-order valence-corrected chi connectivity index (χ1v) is 6.73. The lowest BCUT2D eigenvalue weighted by Crippen LogP contribution is -1.98. The van der Waals surface area contributed by atoms with Crippen molar-refractivity contribution in [1.29, 1.82) is 0 Å². The van der Waals surface area contributed by atoms with Gasteiger partial charge in [0.25, 0.3) is 0 Å². The molecule has 0 aromatic heterocycles. The van der Waals surface area contributed by atoms with Crippen LogP contribution in [-0.4, -0.2) is 11.1 Å². The first-order valence-electron chi connectivity index (χ1n) is 5.36. The van der Waals surface area contributed by atoms with Gasteiger partial charge in [-0.05, 0) is 29.8 Å². The van der Waals surface area contributed by atoms with Crippen molar-refractivity contribution in [2.24, 2.45) is 0 Å². The van der Waals surface area contributed by atoms with E-state index in [1.165, 1.54) is 11.8 Å². The maximum Gasteiger partial charge on any atom is 0.336 e. The highest BCUT2D eigenvalue weighted by atomic mass is 35.5. The van der Waals surface area contributed by atoms with E-state index in [9.17, 15) is 4.79 Å². The van der Waals surface area contributed by atoms with Crippen LogP contribution in [0.2, 0.25) is 5.02 Å². The van der Waals surface area contributed by atoms with E-state index in [0.29, 0.717) is 10.6 Å². The molecule has 0 aliphatic heterocycles. The predicted octanol–water partition coefficient (Wildman–Crippen LogP) is 4.33. The molecule has 2 rings (SSSR count). The van der Waals surface area contributed by atoms with Crippen molar-refractivity contribution in [3.63, 3.8) is 0 Å². The van der Waals surface area contributed by atoms with Gasteiger partial charge >= 0.3 is 5.97 Å². The van der Waals surface area contributed by atoms with Crippen LogP contribution in [0.15, 0.2) is 53.4 Å². The normalized spacial score (nSPS) is 10.3. The highest BCUT2D eigenvalue weighted by Crippen LogP contribution is 2.26. The van der Waals surface area contributed by atoms with Gasteiger partial charge in [0, 0.05) is 15.7 Å². The van der Waals surface area contributed by atoms with Gasteiger partial charge in [0.15, 0.2) is 0 Å². The molecule has 0 atom stereocenters. The lowest BCUT2D eigenvalue weighted by molar-refractivity contribution is 0.0693. The minimum atomic E-state index is -0.894. The Morgan fingerprint density at radius 3 is 2.44 bits per heavy atom. The van der Waals surface area contributed by atoms with E-state index in [4.69, 9.17) is 16.7 Å². The van der Waals surface area contributed by atoms with E-state index in [-0.39, 0.29) is 0 Å². The Morgan fingerprint density at radius 1 is 1.11 bits per heavy atom. The van der Waals surface area contributed by atoms with Gasteiger partial charge in [-0.3, -0.25) is 0 Å². The van der Waals surface area contributed by atoms with Crippen LogP contribution in [0, 0.1) is 0 Å². The summed E-state index contributed by atoms with van der Waals surface area (Å²) < 4.78 is 0. The van der Waals surface area contributed by atoms with E-state index in [1.807, 2.05) is 36.4 Å². The van der Waals surface area contributed by atoms with Gasteiger partial charge in [0.05, 0.1) is 5.56 Å². The first-order chi connectivity index (χ1) is 8.66. The molecule has 2 aromatic rings. The maximum absolute atomic E-state index is 11.0. The summed E-state index contributed by atoms with van der Waals surface area (Å²) in [5.41, 5.74) is 1.46. The second-order valence-corrected chi connectivity index (χ2v) is 5.17. The Kier molecular flexibility index (Phi) is 4.28. The fourth-order valence-corrected chi connectivity index (χ4v) is 2.64. The van der Waals surface area contributed by atoms with Crippen molar-refractivity contribution in [1.82, 2.24) is 0 Å². The largest absolute Gasteiger partial charge is 0.478 e. The number of hydrogen-bond acceptors (Lipinski definition) is 2. The molecule has 2 nitrogen and oxygen atoms in total. The zero-order valence-electron chi connectivity index (χ0n) is 9.47. The molecule has 0 amide bonds. The lowest BCUT2D eigenvalue weighted by atomic mass is 10.2. The molecule has 0 fully saturated rings. The Balaban J connectivity index is 2.10. The number of carbonyl (C=O) groups is 1. The number of rotatable bonds is 4. The molecule has 0 bridgehead atoms. The van der Waals surface area contributed by atoms with Gasteiger partial charge in [0.2, 0.25) is 0 Å². The van der Waals surface area contributed by atoms with Crippen LogP contribution in [0.1, 0.15) is 15.9 Å². The highest BCUT2D eigenvalue weighted by molar-refractivity contribution is 7.98. The third-order valence-electron chi connectivity index (χ3n) is 2.43. The fraction of sp³-hybridized carbons (Fsp3) is 0.0714. The van der Waals surface area contributed by atoms with E-state index in [1.54, 1.807) is 12.1 Å². The smallest absolute Gasteiger partial charge is 0.336 e. The van der Waals surface area contributed by atoms with E-state index < -0.39 is 5.97 Å². The fourth-order valence-electron chi connectivity index (χ4n) is 1.51. The average Bonchev–Trinajstić information content (AvgIpc) is 2.38. The molecular formula is C14H11ClO2S. The number of halogens is 1. The minimum absolute atomic E-state index is 0.344. The van der Waals surface area contributed by atoms with Crippen LogP contribution in [0.3, 0.4) is 0 Å². The Bertz CT molecular complexity index is 552. The molecule has 92 valence electrons. The van der Waals surface area contributed by atoms with Gasteiger partial charge in [-0.25, -0.2) is 4.79 Å². The van der Waals surface area contributed by atoms with Crippen LogP contribution in [0.25, 0.3) is 0 Å². The molecule has 0 heterocycles. The average molecular weight is 279 g/mol. The number of carboxylic acids is 1. The van der Waals surface area contributed by atoms with Gasteiger partial charge in [0.1, 0.15) is 0 Å². The number of thioether (sulfide) groups is 1. The zero-order chi connectivity index (χ0) is 13.0. The number of carboxylic acid groups (broad SMARTS) is 1. The minimum Gasteiger partial charge on any atom is -0.478 e. The Hall–Kier alpha value is -1.45.